The summed E-state index contributed by atoms with van der Waals surface area (Å²) in [7, 11) is 0. The van der Waals surface area contributed by atoms with Crippen molar-refractivity contribution in [1.29, 1.82) is 0 Å². The van der Waals surface area contributed by atoms with Gasteiger partial charge < -0.3 is 15.2 Å². The fraction of sp³-hybridized carbons (Fsp3) is 0.400. The zero-order valence-electron chi connectivity index (χ0n) is 16.4. The van der Waals surface area contributed by atoms with Crippen LogP contribution in [-0.2, 0) is 16.0 Å². The molecule has 28 heavy (non-hydrogen) atoms. The van der Waals surface area contributed by atoms with Crippen LogP contribution in [0.3, 0.4) is 0 Å². The minimum atomic E-state index is -0.561. The van der Waals surface area contributed by atoms with E-state index in [1.54, 1.807) is 23.8 Å². The van der Waals surface area contributed by atoms with E-state index in [9.17, 15) is 9.59 Å². The predicted octanol–water partition coefficient (Wildman–Crippen LogP) is 1.63. The van der Waals surface area contributed by atoms with Gasteiger partial charge in [-0.25, -0.2) is 9.36 Å². The number of fused-ring (bicyclic) bond motifs is 2. The summed E-state index contributed by atoms with van der Waals surface area (Å²) < 4.78 is 13.7. The number of esters is 1. The average Bonchev–Trinajstić information content (AvgIpc) is 2.67. The Kier molecular flexibility index (Phi) is 5.89. The molecular formula is C20H25N4O4+. The molecule has 2 N–H and O–H groups in total. The maximum absolute atomic E-state index is 13.1. The number of hydrogen-bond acceptors (Lipinski definition) is 6. The van der Waals surface area contributed by atoms with Crippen molar-refractivity contribution in [2.75, 3.05) is 25.6 Å². The zero-order valence-corrected chi connectivity index (χ0v) is 16.4. The van der Waals surface area contributed by atoms with Gasteiger partial charge in [-0.15, -0.1) is 0 Å². The first-order chi connectivity index (χ1) is 13.5. The number of carbonyl (C=O) groups excluding carboxylic acids is 1. The molecule has 8 heteroatoms. The number of rotatable bonds is 7. The van der Waals surface area contributed by atoms with Gasteiger partial charge in [-0.05, 0) is 38.5 Å². The van der Waals surface area contributed by atoms with Crippen LogP contribution in [0.5, 0.6) is 0 Å². The number of aryl methyl sites for hydroxylation is 2. The summed E-state index contributed by atoms with van der Waals surface area (Å²) in [5, 5.41) is 0.316. The van der Waals surface area contributed by atoms with Crippen molar-refractivity contribution in [2.45, 2.75) is 33.7 Å². The number of nitrogen functional groups attached to an aromatic ring is 1. The molecule has 0 amide bonds. The van der Waals surface area contributed by atoms with E-state index in [1.165, 1.54) is 10.5 Å². The fourth-order valence-corrected chi connectivity index (χ4v) is 3.12. The van der Waals surface area contributed by atoms with Crippen LogP contribution < -0.4 is 15.9 Å². The highest BCUT2D eigenvalue weighted by molar-refractivity contribution is 5.96. The Balaban J connectivity index is 2.27. The lowest BCUT2D eigenvalue weighted by atomic mass is 10.2. The van der Waals surface area contributed by atoms with Crippen molar-refractivity contribution < 1.29 is 18.8 Å². The minimum Gasteiger partial charge on any atom is -0.462 e. The Bertz CT molecular complexity index is 1090. The van der Waals surface area contributed by atoms with Crippen LogP contribution in [-0.4, -0.2) is 35.2 Å². The van der Waals surface area contributed by atoms with Crippen LogP contribution in [0.4, 0.5) is 5.82 Å². The first-order valence-corrected chi connectivity index (χ1v) is 9.37. The van der Waals surface area contributed by atoms with Crippen molar-refractivity contribution in [1.82, 2.24) is 9.38 Å². The smallest absolute Gasteiger partial charge is 0.344 e. The van der Waals surface area contributed by atoms with Crippen LogP contribution in [0.1, 0.15) is 36.2 Å². The number of anilines is 1. The maximum Gasteiger partial charge on any atom is 0.344 e. The van der Waals surface area contributed by atoms with Gasteiger partial charge in [-0.3, -0.25) is 9.20 Å². The van der Waals surface area contributed by atoms with Gasteiger partial charge in [0.2, 0.25) is 11.5 Å². The predicted molar refractivity (Wildman–Crippen MR) is 105 cm³/mol. The molecule has 0 fully saturated rings. The van der Waals surface area contributed by atoms with E-state index in [1.807, 2.05) is 19.9 Å². The monoisotopic (exact) mass is 385 g/mol. The molecule has 0 aliphatic rings. The summed E-state index contributed by atoms with van der Waals surface area (Å²) in [5.74, 6) is -0.333. The lowest BCUT2D eigenvalue weighted by molar-refractivity contribution is -0.659. The first kappa shape index (κ1) is 19.8. The highest BCUT2D eigenvalue weighted by atomic mass is 16.5. The molecule has 0 radical (unpaired) electrons. The van der Waals surface area contributed by atoms with Gasteiger partial charge in [0.1, 0.15) is 10.9 Å². The van der Waals surface area contributed by atoms with E-state index in [0.717, 1.165) is 5.56 Å². The molecule has 0 unspecified atom stereocenters. The van der Waals surface area contributed by atoms with Crippen LogP contribution in [0.2, 0.25) is 0 Å². The van der Waals surface area contributed by atoms with Gasteiger partial charge in [-0.2, -0.15) is 0 Å². The topological polar surface area (TPSA) is 99.8 Å². The lowest BCUT2D eigenvalue weighted by Crippen LogP contribution is -2.42. The molecule has 0 aromatic carbocycles. The minimum absolute atomic E-state index is 0.164. The van der Waals surface area contributed by atoms with Gasteiger partial charge in [0, 0.05) is 25.8 Å². The van der Waals surface area contributed by atoms with E-state index in [0.29, 0.717) is 42.9 Å². The highest BCUT2D eigenvalue weighted by Crippen LogP contribution is 2.16. The molecule has 3 heterocycles. The summed E-state index contributed by atoms with van der Waals surface area (Å²) in [5.41, 5.74) is 8.08. The molecule has 148 valence electrons. The molecular weight excluding hydrogens is 360 g/mol. The molecule has 3 rings (SSSR count). The van der Waals surface area contributed by atoms with Gasteiger partial charge >= 0.3 is 5.97 Å². The molecule has 0 spiro atoms. The first-order valence-electron chi connectivity index (χ1n) is 9.37. The number of aromatic nitrogens is 3. The molecule has 8 nitrogen and oxygen atoms in total. The summed E-state index contributed by atoms with van der Waals surface area (Å²) in [6, 6.07) is 5.16. The quantitative estimate of drug-likeness (QED) is 0.287. The Morgan fingerprint density at radius 3 is 2.79 bits per heavy atom. The maximum atomic E-state index is 13.1. The molecule has 3 aromatic heterocycles. The van der Waals surface area contributed by atoms with Crippen molar-refractivity contribution in [3.05, 3.63) is 45.9 Å². The number of hydrogen-bond donors (Lipinski definition) is 1. The summed E-state index contributed by atoms with van der Waals surface area (Å²) in [6.45, 7) is 7.38. The number of nitrogens with two attached hydrogens (primary N) is 1. The largest absolute Gasteiger partial charge is 0.462 e. The second-order valence-corrected chi connectivity index (χ2v) is 6.45. The van der Waals surface area contributed by atoms with Gasteiger partial charge in [-0.1, -0.05) is 11.1 Å². The van der Waals surface area contributed by atoms with Crippen LogP contribution >= 0.6 is 0 Å². The summed E-state index contributed by atoms with van der Waals surface area (Å²) in [6.07, 6.45) is 2.39. The number of nitrogens with zero attached hydrogens (tertiary/aromatic N) is 3. The zero-order chi connectivity index (χ0) is 20.3. The normalized spacial score (nSPS) is 11.2. The van der Waals surface area contributed by atoms with Crippen molar-refractivity contribution in [3.63, 3.8) is 0 Å². The van der Waals surface area contributed by atoms with E-state index >= 15 is 0 Å². The Morgan fingerprint density at radius 1 is 1.29 bits per heavy atom. The SMILES string of the molecule is CCOCCC[n+]1c(N)c(C(=O)OCC)cc2c(=O)n3cc(C)ccc3nc21. The van der Waals surface area contributed by atoms with Gasteiger partial charge in [0.15, 0.2) is 0 Å². The third kappa shape index (κ3) is 3.68. The fourth-order valence-electron chi connectivity index (χ4n) is 3.12. The number of pyridine rings is 2. The van der Waals surface area contributed by atoms with Crippen molar-refractivity contribution >= 4 is 28.5 Å². The third-order valence-electron chi connectivity index (χ3n) is 4.47. The lowest BCUT2D eigenvalue weighted by Gasteiger charge is -2.12. The average molecular weight is 385 g/mol. The molecule has 0 saturated carbocycles. The molecule has 3 aromatic rings. The van der Waals surface area contributed by atoms with Crippen LogP contribution in [0.25, 0.3) is 16.7 Å². The Morgan fingerprint density at radius 2 is 2.07 bits per heavy atom. The highest BCUT2D eigenvalue weighted by Gasteiger charge is 2.25. The van der Waals surface area contributed by atoms with E-state index in [4.69, 9.17) is 15.2 Å². The van der Waals surface area contributed by atoms with Crippen molar-refractivity contribution in [2.24, 2.45) is 0 Å². The van der Waals surface area contributed by atoms with E-state index in [-0.39, 0.29) is 23.5 Å². The third-order valence-corrected chi connectivity index (χ3v) is 4.47. The van der Waals surface area contributed by atoms with Crippen molar-refractivity contribution in [3.8, 4) is 0 Å². The van der Waals surface area contributed by atoms with Gasteiger partial charge in [0.25, 0.3) is 11.2 Å². The molecule has 0 saturated heterocycles. The molecule has 0 atom stereocenters. The standard InChI is InChI=1S/C20H24N4O4/c1-4-27-10-6-9-23-17(21)14(20(26)28-5-2)11-15-18(23)22-16-8-7-13(3)12-24(16)19(15)25/h7-8,11-12,21H,4-6,9-10H2,1-3H3/p+1. The second kappa shape index (κ2) is 8.35. The van der Waals surface area contributed by atoms with E-state index in [2.05, 4.69) is 4.98 Å². The Labute approximate surface area is 162 Å². The molecule has 0 bridgehead atoms. The van der Waals surface area contributed by atoms with Crippen LogP contribution in [0.15, 0.2) is 29.2 Å². The van der Waals surface area contributed by atoms with Gasteiger partial charge in [0.05, 0.1) is 13.2 Å². The molecule has 0 aliphatic heterocycles. The molecule has 0 aliphatic carbocycles. The summed E-state index contributed by atoms with van der Waals surface area (Å²) >= 11 is 0. The Hall–Kier alpha value is -3.00. The number of carbonyl (C=O) groups is 1. The second-order valence-electron chi connectivity index (χ2n) is 6.45. The summed E-state index contributed by atoms with van der Waals surface area (Å²) in [4.78, 5) is 30.1. The number of ether oxygens (including phenoxy) is 2. The van der Waals surface area contributed by atoms with E-state index < -0.39 is 5.97 Å². The van der Waals surface area contributed by atoms with Crippen LogP contribution in [0, 0.1) is 6.92 Å².